The number of carboxylic acid groups (broad SMARTS) is 1. The van der Waals surface area contributed by atoms with E-state index in [-0.39, 0.29) is 18.1 Å². The Hall–Kier alpha value is -2.50. The quantitative estimate of drug-likeness (QED) is 0.695. The van der Waals surface area contributed by atoms with Gasteiger partial charge in [-0.15, -0.1) is 0 Å². The lowest BCUT2D eigenvalue weighted by Gasteiger charge is -2.24. The van der Waals surface area contributed by atoms with Crippen LogP contribution in [0.25, 0.3) is 0 Å². The van der Waals surface area contributed by atoms with Crippen molar-refractivity contribution in [2.45, 2.75) is 64.0 Å². The van der Waals surface area contributed by atoms with Crippen LogP contribution < -0.4 is 5.32 Å². The molecule has 1 aliphatic carbocycles. The number of aliphatic carboxylic acids is 1. The second-order valence-electron chi connectivity index (χ2n) is 7.59. The van der Waals surface area contributed by atoms with Crippen LogP contribution in [-0.4, -0.2) is 33.9 Å². The summed E-state index contributed by atoms with van der Waals surface area (Å²) >= 11 is 0. The molecule has 0 fully saturated rings. The first kappa shape index (κ1) is 19.8. The molecule has 6 nitrogen and oxygen atoms in total. The molecule has 1 aromatic carbocycles. The Balaban J connectivity index is 2.20. The normalized spacial score (nSPS) is 18.2. The molecule has 0 aromatic heterocycles. The minimum atomic E-state index is -1.13. The largest absolute Gasteiger partial charge is 0.508 e. The number of carboxylic acids is 1. The van der Waals surface area contributed by atoms with Gasteiger partial charge in [-0.1, -0.05) is 18.2 Å². The molecule has 26 heavy (non-hydrogen) atoms. The molecule has 2 atom stereocenters. The lowest BCUT2D eigenvalue weighted by Crippen LogP contribution is -2.44. The standard InChI is InChI=1S/C20H27NO5/c1-20(2,3)26-19(25)21-17(18(23)24)11-14-9-10-15(22)12-16(14)13-7-5-4-6-8-13/h5,7,9-10,12-13,17,22H,4,6,8,11H2,1-3H3,(H,21,25)(H,23,24)/t13?,17-/m0/s1. The molecule has 0 spiro atoms. The Morgan fingerprint density at radius 2 is 2.08 bits per heavy atom. The van der Waals surface area contributed by atoms with Gasteiger partial charge in [0.2, 0.25) is 0 Å². The van der Waals surface area contributed by atoms with Crippen LogP contribution >= 0.6 is 0 Å². The summed E-state index contributed by atoms with van der Waals surface area (Å²) in [5.41, 5.74) is 0.991. The van der Waals surface area contributed by atoms with Gasteiger partial charge in [0.05, 0.1) is 0 Å². The average Bonchev–Trinajstić information content (AvgIpc) is 2.54. The van der Waals surface area contributed by atoms with Gasteiger partial charge in [0.1, 0.15) is 17.4 Å². The highest BCUT2D eigenvalue weighted by Crippen LogP contribution is 2.32. The average molecular weight is 361 g/mol. The fourth-order valence-corrected chi connectivity index (χ4v) is 3.05. The number of carbonyl (C=O) groups is 2. The van der Waals surface area contributed by atoms with Gasteiger partial charge in [-0.05, 0) is 63.3 Å². The van der Waals surface area contributed by atoms with Crippen LogP contribution in [0.3, 0.4) is 0 Å². The number of aromatic hydroxyl groups is 1. The highest BCUT2D eigenvalue weighted by atomic mass is 16.6. The molecular weight excluding hydrogens is 334 g/mol. The maximum absolute atomic E-state index is 12.0. The van der Waals surface area contributed by atoms with E-state index in [0.29, 0.717) is 0 Å². The van der Waals surface area contributed by atoms with E-state index in [0.717, 1.165) is 30.4 Å². The topological polar surface area (TPSA) is 95.9 Å². The molecule has 1 amide bonds. The Bertz CT molecular complexity index is 690. The van der Waals surface area contributed by atoms with Crippen LogP contribution in [0.4, 0.5) is 4.79 Å². The fourth-order valence-electron chi connectivity index (χ4n) is 3.05. The number of alkyl carbamates (subject to hydrolysis) is 1. The van der Waals surface area contributed by atoms with Crippen LogP contribution in [0.1, 0.15) is 57.1 Å². The number of hydrogen-bond acceptors (Lipinski definition) is 4. The molecule has 0 radical (unpaired) electrons. The van der Waals surface area contributed by atoms with E-state index in [9.17, 15) is 19.8 Å². The predicted octanol–water partition coefficient (Wildman–Crippen LogP) is 3.74. The minimum Gasteiger partial charge on any atom is -0.508 e. The minimum absolute atomic E-state index is 0.120. The summed E-state index contributed by atoms with van der Waals surface area (Å²) in [5.74, 6) is -0.842. The molecule has 2 rings (SSSR count). The molecule has 6 heteroatoms. The van der Waals surface area contributed by atoms with Crippen LogP contribution in [0, 0.1) is 0 Å². The van der Waals surface area contributed by atoms with Crippen LogP contribution in [-0.2, 0) is 16.0 Å². The number of amides is 1. The third-order valence-electron chi connectivity index (χ3n) is 4.20. The highest BCUT2D eigenvalue weighted by molar-refractivity contribution is 5.80. The Labute approximate surface area is 153 Å². The Morgan fingerprint density at radius 1 is 1.35 bits per heavy atom. The van der Waals surface area contributed by atoms with Crippen molar-refractivity contribution in [1.29, 1.82) is 0 Å². The second-order valence-corrected chi connectivity index (χ2v) is 7.59. The lowest BCUT2D eigenvalue weighted by molar-refractivity contribution is -0.139. The van der Waals surface area contributed by atoms with Crippen LogP contribution in [0.2, 0.25) is 0 Å². The number of phenols is 1. The second kappa shape index (κ2) is 8.25. The maximum Gasteiger partial charge on any atom is 0.408 e. The van der Waals surface area contributed by atoms with Crippen LogP contribution in [0.15, 0.2) is 30.4 Å². The van der Waals surface area contributed by atoms with E-state index in [4.69, 9.17) is 4.74 Å². The van der Waals surface area contributed by atoms with Gasteiger partial charge in [-0.2, -0.15) is 0 Å². The molecule has 0 bridgehead atoms. The van der Waals surface area contributed by atoms with Crippen molar-refractivity contribution in [1.82, 2.24) is 5.32 Å². The SMILES string of the molecule is CC(C)(C)OC(=O)N[C@@H](Cc1ccc(O)cc1C1C=CCCC1)C(=O)O. The van der Waals surface area contributed by atoms with Gasteiger partial charge in [-0.3, -0.25) is 0 Å². The zero-order valence-electron chi connectivity index (χ0n) is 15.5. The van der Waals surface area contributed by atoms with E-state index in [2.05, 4.69) is 17.5 Å². The molecule has 1 unspecified atom stereocenters. The number of phenolic OH excluding ortho intramolecular Hbond substituents is 1. The number of hydrogen-bond donors (Lipinski definition) is 3. The van der Waals surface area contributed by atoms with E-state index in [1.807, 2.05) is 0 Å². The molecule has 0 aliphatic heterocycles. The zero-order valence-corrected chi connectivity index (χ0v) is 15.5. The van der Waals surface area contributed by atoms with Gasteiger partial charge >= 0.3 is 12.1 Å². The first-order valence-corrected chi connectivity index (χ1v) is 8.86. The predicted molar refractivity (Wildman–Crippen MR) is 98.3 cm³/mol. The summed E-state index contributed by atoms with van der Waals surface area (Å²) in [7, 11) is 0. The third-order valence-corrected chi connectivity index (χ3v) is 4.20. The van der Waals surface area contributed by atoms with Crippen LogP contribution in [0.5, 0.6) is 5.75 Å². The van der Waals surface area contributed by atoms with E-state index in [1.165, 1.54) is 6.07 Å². The number of carbonyl (C=O) groups excluding carboxylic acids is 1. The number of allylic oxidation sites excluding steroid dienone is 2. The first-order chi connectivity index (χ1) is 12.2. The maximum atomic E-state index is 12.0. The van der Waals surface area contributed by atoms with Gasteiger partial charge in [0.15, 0.2) is 0 Å². The monoisotopic (exact) mass is 361 g/mol. The van der Waals surface area contributed by atoms with Crippen molar-refractivity contribution in [2.24, 2.45) is 0 Å². The summed E-state index contributed by atoms with van der Waals surface area (Å²) in [5, 5.41) is 21.8. The summed E-state index contributed by atoms with van der Waals surface area (Å²) in [6.07, 6.45) is 6.59. The molecule has 3 N–H and O–H groups in total. The summed E-state index contributed by atoms with van der Waals surface area (Å²) in [6.45, 7) is 5.15. The smallest absolute Gasteiger partial charge is 0.408 e. The number of benzene rings is 1. The molecule has 1 aromatic rings. The van der Waals surface area contributed by atoms with Gasteiger partial charge in [0.25, 0.3) is 0 Å². The molecule has 1 aliphatic rings. The molecular formula is C20H27NO5. The summed E-state index contributed by atoms with van der Waals surface area (Å²) < 4.78 is 5.16. The lowest BCUT2D eigenvalue weighted by atomic mass is 9.85. The van der Waals surface area contributed by atoms with Crippen molar-refractivity contribution in [3.05, 3.63) is 41.5 Å². The molecule has 0 saturated heterocycles. The number of ether oxygens (including phenoxy) is 1. The fraction of sp³-hybridized carbons (Fsp3) is 0.500. The van der Waals surface area contributed by atoms with Crippen molar-refractivity contribution in [3.8, 4) is 5.75 Å². The highest BCUT2D eigenvalue weighted by Gasteiger charge is 2.26. The molecule has 142 valence electrons. The van der Waals surface area contributed by atoms with Crippen molar-refractivity contribution in [2.75, 3.05) is 0 Å². The molecule has 0 heterocycles. The van der Waals surface area contributed by atoms with E-state index in [1.54, 1.807) is 32.9 Å². The third kappa shape index (κ3) is 5.79. The van der Waals surface area contributed by atoms with Crippen molar-refractivity contribution in [3.63, 3.8) is 0 Å². The summed E-state index contributed by atoms with van der Waals surface area (Å²) in [4.78, 5) is 23.6. The van der Waals surface area contributed by atoms with Gasteiger partial charge < -0.3 is 20.3 Å². The van der Waals surface area contributed by atoms with Crippen molar-refractivity contribution < 1.29 is 24.5 Å². The Kier molecular flexibility index (Phi) is 6.29. The van der Waals surface area contributed by atoms with Crippen molar-refractivity contribution >= 4 is 12.1 Å². The van der Waals surface area contributed by atoms with Gasteiger partial charge in [-0.25, -0.2) is 9.59 Å². The number of rotatable bonds is 5. The number of nitrogens with one attached hydrogen (secondary N) is 1. The zero-order chi connectivity index (χ0) is 19.3. The Morgan fingerprint density at radius 3 is 2.65 bits per heavy atom. The van der Waals surface area contributed by atoms with E-state index >= 15 is 0 Å². The summed E-state index contributed by atoms with van der Waals surface area (Å²) in [6, 6.07) is 3.83. The van der Waals surface area contributed by atoms with E-state index < -0.39 is 23.7 Å². The van der Waals surface area contributed by atoms with Gasteiger partial charge in [0, 0.05) is 12.3 Å². The first-order valence-electron chi connectivity index (χ1n) is 8.86. The molecule has 0 saturated carbocycles.